The molecule has 0 aliphatic heterocycles. The predicted molar refractivity (Wildman–Crippen MR) is 71.0 cm³/mol. The summed E-state index contributed by atoms with van der Waals surface area (Å²) in [6, 6.07) is 6.75. The van der Waals surface area contributed by atoms with Crippen molar-refractivity contribution < 1.29 is 14.3 Å². The number of unbranched alkanes of at least 4 members (excludes halogenated alkanes) is 1. The fourth-order valence-corrected chi connectivity index (χ4v) is 1.66. The number of nitrogens with one attached hydrogen (secondary N) is 1. The first kappa shape index (κ1) is 14.5. The molecule has 0 heterocycles. The fourth-order valence-electron chi connectivity index (χ4n) is 1.47. The summed E-state index contributed by atoms with van der Waals surface area (Å²) in [5.74, 6) is -0.0467. The van der Waals surface area contributed by atoms with Gasteiger partial charge in [0, 0.05) is 12.3 Å². The SMILES string of the molecule is COC(=O)c1ccccc1NC(=O)CCCCCl. The molecule has 1 N–H and O–H groups in total. The molecule has 0 aliphatic carbocycles. The predicted octanol–water partition coefficient (Wildman–Crippen LogP) is 2.82. The first-order valence-corrected chi connectivity index (χ1v) is 6.25. The standard InChI is InChI=1S/C13H16ClNO3/c1-18-13(17)10-6-2-3-7-11(10)15-12(16)8-4-5-9-14/h2-3,6-7H,4-5,8-9H2,1H3,(H,15,16). The molecule has 0 saturated carbocycles. The van der Waals surface area contributed by atoms with Crippen LogP contribution in [0.4, 0.5) is 5.69 Å². The molecule has 0 bridgehead atoms. The Balaban J connectivity index is 2.66. The van der Waals surface area contributed by atoms with E-state index in [2.05, 4.69) is 10.1 Å². The molecule has 0 fully saturated rings. The van der Waals surface area contributed by atoms with Crippen LogP contribution in [0.5, 0.6) is 0 Å². The molecule has 1 aromatic carbocycles. The van der Waals surface area contributed by atoms with E-state index in [1.54, 1.807) is 24.3 Å². The largest absolute Gasteiger partial charge is 0.465 e. The second-order valence-electron chi connectivity index (χ2n) is 3.73. The minimum Gasteiger partial charge on any atom is -0.465 e. The van der Waals surface area contributed by atoms with Gasteiger partial charge in [0.2, 0.25) is 5.91 Å². The maximum atomic E-state index is 11.6. The summed E-state index contributed by atoms with van der Waals surface area (Å²) in [4.78, 5) is 23.1. The molecule has 0 aliphatic rings. The number of ether oxygens (including phenoxy) is 1. The molecular formula is C13H16ClNO3. The van der Waals surface area contributed by atoms with Crippen LogP contribution in [0.3, 0.4) is 0 Å². The molecule has 1 rings (SSSR count). The molecule has 0 aromatic heterocycles. The van der Waals surface area contributed by atoms with Crippen LogP contribution >= 0.6 is 11.6 Å². The number of amides is 1. The average Bonchev–Trinajstić information content (AvgIpc) is 2.39. The van der Waals surface area contributed by atoms with E-state index in [4.69, 9.17) is 11.6 Å². The van der Waals surface area contributed by atoms with Gasteiger partial charge in [-0.15, -0.1) is 11.6 Å². The number of hydrogen-bond donors (Lipinski definition) is 1. The lowest BCUT2D eigenvalue weighted by Gasteiger charge is -2.09. The molecule has 0 atom stereocenters. The zero-order chi connectivity index (χ0) is 13.4. The zero-order valence-electron chi connectivity index (χ0n) is 10.2. The van der Waals surface area contributed by atoms with E-state index in [1.807, 2.05) is 0 Å². The third-order valence-electron chi connectivity index (χ3n) is 2.39. The van der Waals surface area contributed by atoms with Crippen LogP contribution in [0.2, 0.25) is 0 Å². The van der Waals surface area contributed by atoms with Crippen molar-refractivity contribution >= 4 is 29.2 Å². The maximum absolute atomic E-state index is 11.6. The van der Waals surface area contributed by atoms with Crippen molar-refractivity contribution in [3.63, 3.8) is 0 Å². The normalized spacial score (nSPS) is 9.89. The summed E-state index contributed by atoms with van der Waals surface area (Å²) in [6.45, 7) is 0. The molecular weight excluding hydrogens is 254 g/mol. The Morgan fingerprint density at radius 3 is 2.67 bits per heavy atom. The minimum atomic E-state index is -0.466. The van der Waals surface area contributed by atoms with Gasteiger partial charge in [0.05, 0.1) is 18.4 Å². The Kier molecular flexibility index (Phi) is 6.22. The summed E-state index contributed by atoms with van der Waals surface area (Å²) in [5.41, 5.74) is 0.825. The summed E-state index contributed by atoms with van der Waals surface area (Å²) < 4.78 is 4.65. The number of methoxy groups -OCH3 is 1. The molecule has 1 amide bonds. The van der Waals surface area contributed by atoms with Crippen molar-refractivity contribution in [1.82, 2.24) is 0 Å². The highest BCUT2D eigenvalue weighted by Crippen LogP contribution is 2.16. The minimum absolute atomic E-state index is 0.128. The first-order chi connectivity index (χ1) is 8.69. The van der Waals surface area contributed by atoms with E-state index in [0.29, 0.717) is 23.6 Å². The second kappa shape index (κ2) is 7.71. The number of alkyl halides is 1. The van der Waals surface area contributed by atoms with E-state index < -0.39 is 5.97 Å². The Labute approximate surface area is 111 Å². The number of anilines is 1. The monoisotopic (exact) mass is 269 g/mol. The molecule has 0 radical (unpaired) electrons. The van der Waals surface area contributed by atoms with Crippen LogP contribution in [0, 0.1) is 0 Å². The number of para-hydroxylation sites is 1. The van der Waals surface area contributed by atoms with Gasteiger partial charge in [-0.2, -0.15) is 0 Å². The van der Waals surface area contributed by atoms with Crippen LogP contribution < -0.4 is 5.32 Å². The molecule has 0 spiro atoms. The van der Waals surface area contributed by atoms with Gasteiger partial charge >= 0.3 is 5.97 Å². The Morgan fingerprint density at radius 1 is 1.28 bits per heavy atom. The lowest BCUT2D eigenvalue weighted by Crippen LogP contribution is -2.14. The van der Waals surface area contributed by atoms with E-state index in [0.717, 1.165) is 12.8 Å². The number of carbonyl (C=O) groups excluding carboxylic acids is 2. The average molecular weight is 270 g/mol. The number of carbonyl (C=O) groups is 2. The van der Waals surface area contributed by atoms with E-state index in [-0.39, 0.29) is 5.91 Å². The molecule has 0 unspecified atom stereocenters. The lowest BCUT2D eigenvalue weighted by molar-refractivity contribution is -0.116. The Bertz CT molecular complexity index is 420. The van der Waals surface area contributed by atoms with Crippen molar-refractivity contribution in [2.75, 3.05) is 18.3 Å². The highest BCUT2D eigenvalue weighted by Gasteiger charge is 2.12. The highest BCUT2D eigenvalue weighted by molar-refractivity contribution is 6.17. The highest BCUT2D eigenvalue weighted by atomic mass is 35.5. The van der Waals surface area contributed by atoms with E-state index >= 15 is 0 Å². The summed E-state index contributed by atoms with van der Waals surface area (Å²) in [6.07, 6.45) is 1.92. The Hall–Kier alpha value is -1.55. The number of benzene rings is 1. The first-order valence-electron chi connectivity index (χ1n) is 5.72. The Morgan fingerprint density at radius 2 is 2.00 bits per heavy atom. The van der Waals surface area contributed by atoms with Crippen molar-refractivity contribution in [2.45, 2.75) is 19.3 Å². The van der Waals surface area contributed by atoms with Gasteiger partial charge in [-0.25, -0.2) is 4.79 Å². The summed E-state index contributed by atoms with van der Waals surface area (Å²) in [7, 11) is 1.31. The molecule has 5 heteroatoms. The van der Waals surface area contributed by atoms with Crippen molar-refractivity contribution in [3.05, 3.63) is 29.8 Å². The summed E-state index contributed by atoms with van der Waals surface area (Å²) in [5, 5.41) is 2.70. The quantitative estimate of drug-likeness (QED) is 0.491. The van der Waals surface area contributed by atoms with E-state index in [1.165, 1.54) is 7.11 Å². The summed E-state index contributed by atoms with van der Waals surface area (Å²) >= 11 is 5.54. The number of esters is 1. The van der Waals surface area contributed by atoms with Crippen LogP contribution in [0.15, 0.2) is 24.3 Å². The maximum Gasteiger partial charge on any atom is 0.339 e. The van der Waals surface area contributed by atoms with Gasteiger partial charge in [-0.1, -0.05) is 12.1 Å². The van der Waals surface area contributed by atoms with Gasteiger partial charge in [0.15, 0.2) is 0 Å². The van der Waals surface area contributed by atoms with E-state index in [9.17, 15) is 9.59 Å². The smallest absolute Gasteiger partial charge is 0.339 e. The fraction of sp³-hybridized carbons (Fsp3) is 0.385. The van der Waals surface area contributed by atoms with Crippen LogP contribution in [0.1, 0.15) is 29.6 Å². The zero-order valence-corrected chi connectivity index (χ0v) is 11.0. The van der Waals surface area contributed by atoms with Crippen LogP contribution in [-0.2, 0) is 9.53 Å². The van der Waals surface area contributed by atoms with Gasteiger partial charge in [-0.3, -0.25) is 4.79 Å². The topological polar surface area (TPSA) is 55.4 Å². The number of halogens is 1. The van der Waals surface area contributed by atoms with Gasteiger partial charge < -0.3 is 10.1 Å². The molecule has 4 nitrogen and oxygen atoms in total. The van der Waals surface area contributed by atoms with Crippen molar-refractivity contribution in [2.24, 2.45) is 0 Å². The molecule has 1 aromatic rings. The van der Waals surface area contributed by atoms with Crippen molar-refractivity contribution in [3.8, 4) is 0 Å². The molecule has 0 saturated heterocycles. The third kappa shape index (κ3) is 4.37. The lowest BCUT2D eigenvalue weighted by atomic mass is 10.1. The second-order valence-corrected chi connectivity index (χ2v) is 4.11. The van der Waals surface area contributed by atoms with Crippen LogP contribution in [-0.4, -0.2) is 24.9 Å². The number of hydrogen-bond acceptors (Lipinski definition) is 3. The van der Waals surface area contributed by atoms with Crippen molar-refractivity contribution in [1.29, 1.82) is 0 Å². The molecule has 98 valence electrons. The van der Waals surface area contributed by atoms with Gasteiger partial charge in [-0.05, 0) is 25.0 Å². The van der Waals surface area contributed by atoms with Gasteiger partial charge in [0.1, 0.15) is 0 Å². The third-order valence-corrected chi connectivity index (χ3v) is 2.66. The number of rotatable bonds is 6. The molecule has 18 heavy (non-hydrogen) atoms. The van der Waals surface area contributed by atoms with Gasteiger partial charge in [0.25, 0.3) is 0 Å². The van der Waals surface area contributed by atoms with Crippen LogP contribution in [0.25, 0.3) is 0 Å².